The van der Waals surface area contributed by atoms with Gasteiger partial charge in [0.1, 0.15) is 12.1 Å². The molecule has 1 aromatic carbocycles. The summed E-state index contributed by atoms with van der Waals surface area (Å²) in [6, 6.07) is 9.45. The molecule has 1 fully saturated rings. The number of nitrogens with one attached hydrogen (secondary N) is 1. The lowest BCUT2D eigenvalue weighted by Crippen LogP contribution is -2.41. The maximum atomic E-state index is 12.9. The zero-order valence-corrected chi connectivity index (χ0v) is 19.5. The molecular formula is C25H25N7O3. The molecule has 1 saturated carbocycles. The first-order valence-corrected chi connectivity index (χ1v) is 11.7. The number of amides is 2. The summed E-state index contributed by atoms with van der Waals surface area (Å²) in [6.07, 6.45) is 7.98. The highest BCUT2D eigenvalue weighted by atomic mass is 16.5. The third-order valence-electron chi connectivity index (χ3n) is 6.61. The maximum Gasteiger partial charge on any atom is 0.331 e. The monoisotopic (exact) mass is 471 g/mol. The second-order valence-corrected chi connectivity index (χ2v) is 9.15. The van der Waals surface area contributed by atoms with Crippen LogP contribution in [0.4, 0.5) is 10.6 Å². The minimum Gasteiger partial charge on any atom is -0.439 e. The fourth-order valence-electron chi connectivity index (χ4n) is 4.59. The number of anilines is 1. The molecule has 0 bridgehead atoms. The van der Waals surface area contributed by atoms with E-state index in [0.717, 1.165) is 35.0 Å². The van der Waals surface area contributed by atoms with Crippen molar-refractivity contribution in [1.82, 2.24) is 29.2 Å². The predicted octanol–water partition coefficient (Wildman–Crippen LogP) is 4.13. The Balaban J connectivity index is 1.21. The van der Waals surface area contributed by atoms with Gasteiger partial charge in [-0.2, -0.15) is 5.10 Å². The second-order valence-electron chi connectivity index (χ2n) is 9.15. The lowest BCUT2D eigenvalue weighted by Gasteiger charge is -2.33. The van der Waals surface area contributed by atoms with Crippen molar-refractivity contribution in [2.45, 2.75) is 51.7 Å². The van der Waals surface area contributed by atoms with Crippen LogP contribution in [-0.4, -0.2) is 47.2 Å². The van der Waals surface area contributed by atoms with E-state index >= 15 is 0 Å². The van der Waals surface area contributed by atoms with E-state index in [1.54, 1.807) is 22.6 Å². The number of aromatic nitrogens is 5. The van der Waals surface area contributed by atoms with E-state index in [1.807, 2.05) is 48.1 Å². The molecule has 178 valence electrons. The van der Waals surface area contributed by atoms with Gasteiger partial charge in [0.15, 0.2) is 5.82 Å². The van der Waals surface area contributed by atoms with E-state index in [0.29, 0.717) is 36.5 Å². The first-order valence-electron chi connectivity index (χ1n) is 11.7. The predicted molar refractivity (Wildman–Crippen MR) is 128 cm³/mol. The molecule has 0 spiro atoms. The maximum absolute atomic E-state index is 12.9. The van der Waals surface area contributed by atoms with Gasteiger partial charge in [-0.25, -0.2) is 14.8 Å². The van der Waals surface area contributed by atoms with Gasteiger partial charge >= 0.3 is 6.03 Å². The Hall–Kier alpha value is -4.21. The summed E-state index contributed by atoms with van der Waals surface area (Å²) in [5.74, 6) is 1.67. The summed E-state index contributed by atoms with van der Waals surface area (Å²) in [4.78, 5) is 35.3. The molecule has 3 aromatic heterocycles. The SMILES string of the molecule is CC(=O)N1Cc2ncnc(Oc3ccc4c(ccn4C(=O)Nc4ccn(C5CC5)n4)c3)c2CC1C. The average molecular weight is 472 g/mol. The van der Waals surface area contributed by atoms with Crippen molar-refractivity contribution in [2.24, 2.45) is 0 Å². The van der Waals surface area contributed by atoms with Crippen molar-refractivity contribution in [3.8, 4) is 11.6 Å². The highest BCUT2D eigenvalue weighted by Crippen LogP contribution is 2.34. The Bertz CT molecular complexity index is 1450. The number of fused-ring (bicyclic) bond motifs is 2. The van der Waals surface area contributed by atoms with E-state index < -0.39 is 0 Å². The van der Waals surface area contributed by atoms with Gasteiger partial charge in [-0.15, -0.1) is 0 Å². The van der Waals surface area contributed by atoms with Crippen LogP contribution in [0.5, 0.6) is 11.6 Å². The summed E-state index contributed by atoms with van der Waals surface area (Å²) >= 11 is 0. The van der Waals surface area contributed by atoms with Crippen LogP contribution in [0.2, 0.25) is 0 Å². The van der Waals surface area contributed by atoms with Crippen LogP contribution < -0.4 is 10.1 Å². The van der Waals surface area contributed by atoms with Crippen LogP contribution in [-0.2, 0) is 17.8 Å². The van der Waals surface area contributed by atoms with E-state index in [9.17, 15) is 9.59 Å². The Kier molecular flexibility index (Phi) is 5.01. The zero-order chi connectivity index (χ0) is 24.1. The Morgan fingerprint density at radius 2 is 1.97 bits per heavy atom. The molecule has 1 N–H and O–H groups in total. The van der Waals surface area contributed by atoms with Crippen molar-refractivity contribution < 1.29 is 14.3 Å². The molecule has 1 aliphatic carbocycles. The zero-order valence-electron chi connectivity index (χ0n) is 19.5. The molecule has 2 aliphatic rings. The van der Waals surface area contributed by atoms with Crippen LogP contribution in [0.1, 0.15) is 44.0 Å². The first-order chi connectivity index (χ1) is 17.0. The van der Waals surface area contributed by atoms with Crippen LogP contribution in [0.25, 0.3) is 10.9 Å². The van der Waals surface area contributed by atoms with Crippen LogP contribution in [0.15, 0.2) is 49.1 Å². The van der Waals surface area contributed by atoms with Gasteiger partial charge in [-0.1, -0.05) is 0 Å². The number of hydrogen-bond acceptors (Lipinski definition) is 6. The normalized spacial score (nSPS) is 17.3. The van der Waals surface area contributed by atoms with E-state index in [4.69, 9.17) is 4.74 Å². The highest BCUT2D eigenvalue weighted by Gasteiger charge is 2.29. The lowest BCUT2D eigenvalue weighted by molar-refractivity contribution is -0.132. The molecule has 0 radical (unpaired) electrons. The molecule has 35 heavy (non-hydrogen) atoms. The van der Waals surface area contributed by atoms with Gasteiger partial charge < -0.3 is 9.64 Å². The third-order valence-corrected chi connectivity index (χ3v) is 6.61. The third kappa shape index (κ3) is 4.01. The molecule has 6 rings (SSSR count). The van der Waals surface area contributed by atoms with Crippen LogP contribution in [0, 0.1) is 0 Å². The molecule has 2 amide bonds. The fourth-order valence-corrected chi connectivity index (χ4v) is 4.59. The highest BCUT2D eigenvalue weighted by molar-refractivity contribution is 5.98. The number of nitrogens with zero attached hydrogens (tertiary/aromatic N) is 6. The fraction of sp³-hybridized carbons (Fsp3) is 0.320. The summed E-state index contributed by atoms with van der Waals surface area (Å²) < 4.78 is 9.60. The molecular weight excluding hydrogens is 446 g/mol. The number of hydrogen-bond donors (Lipinski definition) is 1. The second kappa shape index (κ2) is 8.23. The van der Waals surface area contributed by atoms with Gasteiger partial charge in [0.2, 0.25) is 11.8 Å². The van der Waals surface area contributed by atoms with E-state index in [2.05, 4.69) is 20.4 Å². The number of benzene rings is 1. The number of ether oxygens (including phenoxy) is 1. The van der Waals surface area contributed by atoms with Crippen molar-refractivity contribution in [1.29, 1.82) is 0 Å². The summed E-state index contributed by atoms with van der Waals surface area (Å²) in [5, 5.41) is 8.16. The van der Waals surface area contributed by atoms with Gasteiger partial charge in [-0.05, 0) is 50.5 Å². The Morgan fingerprint density at radius 1 is 1.11 bits per heavy atom. The van der Waals surface area contributed by atoms with Crippen molar-refractivity contribution >= 4 is 28.7 Å². The molecule has 10 heteroatoms. The average Bonchev–Trinajstić information content (AvgIpc) is 3.44. The number of carbonyl (C=O) groups excluding carboxylic acids is 2. The standard InChI is InChI=1S/C25H25N7O3/c1-15-11-20-21(13-31(15)16(2)33)26-14-27-24(20)35-19-5-6-22-17(12-19)7-9-30(22)25(34)28-23-8-10-32(29-23)18-3-4-18/h5-10,12,14-15,18H,3-4,11,13H2,1-2H3,(H,28,29,34). The van der Waals surface area contributed by atoms with Crippen molar-refractivity contribution in [2.75, 3.05) is 5.32 Å². The Morgan fingerprint density at radius 3 is 2.77 bits per heavy atom. The van der Waals surface area contributed by atoms with Gasteiger partial charge in [0.25, 0.3) is 0 Å². The lowest BCUT2D eigenvalue weighted by atomic mass is 9.99. The number of rotatable bonds is 4. The van der Waals surface area contributed by atoms with Gasteiger partial charge in [0, 0.05) is 42.4 Å². The first kappa shape index (κ1) is 21.3. The smallest absolute Gasteiger partial charge is 0.331 e. The minimum absolute atomic E-state index is 0.0273. The van der Waals surface area contributed by atoms with E-state index in [1.165, 1.54) is 6.33 Å². The summed E-state index contributed by atoms with van der Waals surface area (Å²) in [7, 11) is 0. The topological polar surface area (TPSA) is 107 Å². The molecule has 1 unspecified atom stereocenters. The molecule has 4 heterocycles. The summed E-state index contributed by atoms with van der Waals surface area (Å²) in [6.45, 7) is 4.03. The largest absolute Gasteiger partial charge is 0.439 e. The molecule has 4 aromatic rings. The van der Waals surface area contributed by atoms with Gasteiger partial charge in [0.05, 0.1) is 23.8 Å². The van der Waals surface area contributed by atoms with Crippen molar-refractivity contribution in [3.63, 3.8) is 0 Å². The quantitative estimate of drug-likeness (QED) is 0.480. The van der Waals surface area contributed by atoms with Gasteiger partial charge in [-0.3, -0.25) is 19.4 Å². The molecule has 1 aliphatic heterocycles. The molecule has 0 saturated heterocycles. The number of carbonyl (C=O) groups is 2. The summed E-state index contributed by atoms with van der Waals surface area (Å²) in [5.41, 5.74) is 2.48. The minimum atomic E-state index is -0.274. The van der Waals surface area contributed by atoms with Crippen LogP contribution >= 0.6 is 0 Å². The molecule has 10 nitrogen and oxygen atoms in total. The Labute approximate surface area is 201 Å². The van der Waals surface area contributed by atoms with Crippen molar-refractivity contribution in [3.05, 3.63) is 60.3 Å². The molecule has 1 atom stereocenters. The van der Waals surface area contributed by atoms with E-state index in [-0.39, 0.29) is 18.0 Å². The van der Waals surface area contributed by atoms with Crippen LogP contribution in [0.3, 0.4) is 0 Å².